The van der Waals surface area contributed by atoms with Crippen LogP contribution in [0.3, 0.4) is 0 Å². The van der Waals surface area contributed by atoms with Crippen molar-refractivity contribution < 1.29 is 14.2 Å². The molecule has 0 aromatic heterocycles. The Balaban J connectivity index is 3.27. The Bertz CT molecular complexity index is 335. The average Bonchev–Trinajstić information content (AvgIpc) is 2.16. The normalized spacial score (nSPS) is 10.4. The lowest BCUT2D eigenvalue weighted by Crippen LogP contribution is -2.01. The van der Waals surface area contributed by atoms with Crippen molar-refractivity contribution in [2.45, 2.75) is 20.3 Å². The van der Waals surface area contributed by atoms with E-state index in [0.717, 1.165) is 11.1 Å². The lowest BCUT2D eigenvalue weighted by molar-refractivity contribution is 0.299. The van der Waals surface area contributed by atoms with Gasteiger partial charge in [-0.2, -0.15) is 0 Å². The first kappa shape index (κ1) is 11.0. The third-order valence-corrected chi connectivity index (χ3v) is 2.41. The minimum Gasteiger partial charge on any atom is -0.496 e. The van der Waals surface area contributed by atoms with Gasteiger partial charge >= 0.3 is 0 Å². The smallest absolute Gasteiger partial charge is 0.130 e. The Morgan fingerprint density at radius 1 is 1.36 bits per heavy atom. The van der Waals surface area contributed by atoms with Crippen LogP contribution in [-0.4, -0.2) is 18.8 Å². The lowest BCUT2D eigenvalue weighted by Gasteiger charge is -2.13. The van der Waals surface area contributed by atoms with Crippen LogP contribution < -0.4 is 4.74 Å². The van der Waals surface area contributed by atoms with E-state index in [1.165, 1.54) is 13.2 Å². The summed E-state index contributed by atoms with van der Waals surface area (Å²) < 4.78 is 18.5. The maximum Gasteiger partial charge on any atom is 0.130 e. The number of hydrogen-bond donors (Lipinski definition) is 1. The second-order valence-corrected chi connectivity index (χ2v) is 3.27. The molecule has 0 aliphatic rings. The van der Waals surface area contributed by atoms with Crippen LogP contribution in [-0.2, 0) is 6.42 Å². The number of rotatable bonds is 3. The van der Waals surface area contributed by atoms with E-state index in [9.17, 15) is 4.39 Å². The highest BCUT2D eigenvalue weighted by Gasteiger charge is 2.12. The zero-order chi connectivity index (χ0) is 10.7. The molecule has 0 saturated carbocycles. The van der Waals surface area contributed by atoms with Crippen molar-refractivity contribution in [3.8, 4) is 5.75 Å². The summed E-state index contributed by atoms with van der Waals surface area (Å²) >= 11 is 0. The lowest BCUT2D eigenvalue weighted by atomic mass is 10.0. The first-order valence-electron chi connectivity index (χ1n) is 4.55. The van der Waals surface area contributed by atoms with Crippen molar-refractivity contribution in [2.24, 2.45) is 0 Å². The fourth-order valence-corrected chi connectivity index (χ4v) is 1.59. The highest BCUT2D eigenvalue weighted by Crippen LogP contribution is 2.28. The molecule has 78 valence electrons. The Morgan fingerprint density at radius 3 is 2.50 bits per heavy atom. The molecule has 1 aromatic carbocycles. The fraction of sp³-hybridized carbons (Fsp3) is 0.455. The maximum absolute atomic E-state index is 13.4. The minimum atomic E-state index is -0.282. The van der Waals surface area contributed by atoms with Crippen LogP contribution in [0.2, 0.25) is 0 Å². The largest absolute Gasteiger partial charge is 0.496 e. The van der Waals surface area contributed by atoms with Crippen molar-refractivity contribution in [1.29, 1.82) is 0 Å². The summed E-state index contributed by atoms with van der Waals surface area (Å²) in [5, 5.41) is 8.80. The van der Waals surface area contributed by atoms with Gasteiger partial charge in [0.05, 0.1) is 7.11 Å². The zero-order valence-corrected chi connectivity index (χ0v) is 8.72. The molecule has 0 amide bonds. The average molecular weight is 198 g/mol. The van der Waals surface area contributed by atoms with Crippen molar-refractivity contribution in [2.75, 3.05) is 13.7 Å². The Morgan fingerprint density at radius 2 is 2.00 bits per heavy atom. The number of aliphatic hydroxyl groups is 1. The van der Waals surface area contributed by atoms with Crippen LogP contribution in [0.1, 0.15) is 16.7 Å². The number of benzene rings is 1. The molecule has 1 rings (SSSR count). The van der Waals surface area contributed by atoms with E-state index in [2.05, 4.69) is 0 Å². The van der Waals surface area contributed by atoms with Gasteiger partial charge in [-0.3, -0.25) is 0 Å². The molecule has 14 heavy (non-hydrogen) atoms. The molecule has 0 bridgehead atoms. The molecule has 0 fully saturated rings. The van der Waals surface area contributed by atoms with Gasteiger partial charge in [0.2, 0.25) is 0 Å². The molecule has 0 heterocycles. The van der Waals surface area contributed by atoms with Gasteiger partial charge in [-0.25, -0.2) is 4.39 Å². The van der Waals surface area contributed by atoms with Gasteiger partial charge in [0.15, 0.2) is 0 Å². The summed E-state index contributed by atoms with van der Waals surface area (Å²) in [6.07, 6.45) is 0.458. The maximum atomic E-state index is 13.4. The molecular formula is C11H15FO2. The second-order valence-electron chi connectivity index (χ2n) is 3.27. The van der Waals surface area contributed by atoms with Crippen molar-refractivity contribution in [3.05, 3.63) is 28.6 Å². The highest BCUT2D eigenvalue weighted by molar-refractivity contribution is 5.46. The Hall–Kier alpha value is -1.09. The van der Waals surface area contributed by atoms with Gasteiger partial charge in [-0.1, -0.05) is 0 Å². The number of halogens is 1. The summed E-state index contributed by atoms with van der Waals surface area (Å²) in [4.78, 5) is 0. The number of hydrogen-bond acceptors (Lipinski definition) is 2. The quantitative estimate of drug-likeness (QED) is 0.804. The van der Waals surface area contributed by atoms with Gasteiger partial charge in [0.1, 0.15) is 11.6 Å². The molecule has 0 spiro atoms. The van der Waals surface area contributed by atoms with Crippen LogP contribution in [0.25, 0.3) is 0 Å². The number of aliphatic hydroxyl groups excluding tert-OH is 1. The van der Waals surface area contributed by atoms with Gasteiger partial charge in [0, 0.05) is 12.2 Å². The van der Waals surface area contributed by atoms with Gasteiger partial charge in [-0.05, 0) is 37.5 Å². The van der Waals surface area contributed by atoms with Crippen molar-refractivity contribution in [3.63, 3.8) is 0 Å². The van der Waals surface area contributed by atoms with Crippen molar-refractivity contribution in [1.82, 2.24) is 0 Å². The van der Waals surface area contributed by atoms with E-state index in [1.807, 2.05) is 6.92 Å². The monoisotopic (exact) mass is 198 g/mol. The zero-order valence-electron chi connectivity index (χ0n) is 8.72. The standard InChI is InChI=1S/C11H15FO2/c1-7-9(4-5-13)6-10(12)8(2)11(7)14-3/h6,13H,4-5H2,1-3H3. The molecule has 0 unspecified atom stereocenters. The molecular weight excluding hydrogens is 183 g/mol. The van der Waals surface area contributed by atoms with E-state index in [0.29, 0.717) is 17.7 Å². The molecule has 1 aromatic rings. The number of methoxy groups -OCH3 is 1. The SMILES string of the molecule is COc1c(C)c(F)cc(CCO)c1C. The highest BCUT2D eigenvalue weighted by atomic mass is 19.1. The minimum absolute atomic E-state index is 0.0203. The van der Waals surface area contributed by atoms with Crippen LogP contribution in [0, 0.1) is 19.7 Å². The summed E-state index contributed by atoms with van der Waals surface area (Å²) in [5.41, 5.74) is 2.22. The Kier molecular flexibility index (Phi) is 3.47. The Labute approximate surface area is 83.3 Å². The first-order valence-corrected chi connectivity index (χ1v) is 4.55. The summed E-state index contributed by atoms with van der Waals surface area (Å²) in [7, 11) is 1.53. The molecule has 0 aliphatic heterocycles. The summed E-state index contributed by atoms with van der Waals surface area (Å²) in [6, 6.07) is 1.46. The van der Waals surface area contributed by atoms with E-state index in [-0.39, 0.29) is 12.4 Å². The third-order valence-electron chi connectivity index (χ3n) is 2.41. The predicted molar refractivity (Wildman–Crippen MR) is 53.2 cm³/mol. The molecule has 0 radical (unpaired) electrons. The van der Waals surface area contributed by atoms with E-state index in [4.69, 9.17) is 9.84 Å². The summed E-state index contributed by atoms with van der Waals surface area (Å²) in [6.45, 7) is 3.58. The van der Waals surface area contributed by atoms with Gasteiger partial charge in [-0.15, -0.1) is 0 Å². The van der Waals surface area contributed by atoms with Crippen LogP contribution >= 0.6 is 0 Å². The van der Waals surface area contributed by atoms with Crippen LogP contribution in [0.4, 0.5) is 4.39 Å². The molecule has 0 atom stereocenters. The van der Waals surface area contributed by atoms with Gasteiger partial charge < -0.3 is 9.84 Å². The second kappa shape index (κ2) is 4.42. The summed E-state index contributed by atoms with van der Waals surface area (Å²) in [5.74, 6) is 0.296. The molecule has 0 aliphatic carbocycles. The number of ether oxygens (including phenoxy) is 1. The fourth-order valence-electron chi connectivity index (χ4n) is 1.59. The molecule has 0 saturated heterocycles. The van der Waals surface area contributed by atoms with Gasteiger partial charge in [0.25, 0.3) is 0 Å². The molecule has 2 nitrogen and oxygen atoms in total. The van der Waals surface area contributed by atoms with Crippen molar-refractivity contribution >= 4 is 0 Å². The van der Waals surface area contributed by atoms with E-state index < -0.39 is 0 Å². The van der Waals surface area contributed by atoms with Crippen LogP contribution in [0.15, 0.2) is 6.07 Å². The molecule has 1 N–H and O–H groups in total. The predicted octanol–water partition coefficient (Wildman–Crippen LogP) is 1.99. The van der Waals surface area contributed by atoms with E-state index in [1.54, 1.807) is 6.92 Å². The third kappa shape index (κ3) is 1.87. The van der Waals surface area contributed by atoms with Crippen LogP contribution in [0.5, 0.6) is 5.75 Å². The first-order chi connectivity index (χ1) is 6.61. The van der Waals surface area contributed by atoms with E-state index >= 15 is 0 Å². The topological polar surface area (TPSA) is 29.5 Å². The molecule has 3 heteroatoms.